The van der Waals surface area contributed by atoms with E-state index in [1.807, 2.05) is 48.5 Å². The molecule has 1 amide bonds. The molecular weight excluding hydrogens is 462 g/mol. The third-order valence-electron chi connectivity index (χ3n) is 5.43. The fourth-order valence-corrected chi connectivity index (χ4v) is 5.14. The highest BCUT2D eigenvalue weighted by Gasteiger charge is 2.34. The minimum absolute atomic E-state index is 0.0393. The van der Waals surface area contributed by atoms with Crippen LogP contribution in [-0.4, -0.2) is 59.5 Å². The molecule has 0 atom stereocenters. The van der Waals surface area contributed by atoms with Gasteiger partial charge in [0.15, 0.2) is 0 Å². The minimum atomic E-state index is -0.0393. The van der Waals surface area contributed by atoms with E-state index in [2.05, 4.69) is 22.8 Å². The summed E-state index contributed by atoms with van der Waals surface area (Å²) in [4.78, 5) is 20.0. The van der Waals surface area contributed by atoms with Crippen molar-refractivity contribution in [3.63, 3.8) is 0 Å². The summed E-state index contributed by atoms with van der Waals surface area (Å²) in [7, 11) is 0. The molecule has 0 saturated carbocycles. The molecule has 0 unspecified atom stereocenters. The number of hydrogen-bond donors (Lipinski definition) is 0. The Morgan fingerprint density at radius 2 is 1.91 bits per heavy atom. The summed E-state index contributed by atoms with van der Waals surface area (Å²) < 4.78 is 6.43. The number of halogens is 1. The van der Waals surface area contributed by atoms with Gasteiger partial charge in [-0.05, 0) is 36.8 Å². The zero-order chi connectivity index (χ0) is 22.5. The molecule has 2 heterocycles. The Labute approximate surface area is 204 Å². The number of para-hydroxylation sites is 1. The largest absolute Gasteiger partial charge is 0.493 e. The second-order valence-corrected chi connectivity index (χ2v) is 9.83. The van der Waals surface area contributed by atoms with E-state index >= 15 is 0 Å². The molecule has 0 bridgehead atoms. The maximum Gasteiger partial charge on any atom is 0.267 e. The van der Waals surface area contributed by atoms with Crippen LogP contribution in [0.3, 0.4) is 0 Å². The molecule has 2 fully saturated rings. The summed E-state index contributed by atoms with van der Waals surface area (Å²) in [5.74, 6) is 0.749. The van der Waals surface area contributed by atoms with Crippen molar-refractivity contribution in [2.75, 3.05) is 44.4 Å². The summed E-state index contributed by atoms with van der Waals surface area (Å²) in [6, 6.07) is 15.7. The van der Waals surface area contributed by atoms with E-state index < -0.39 is 0 Å². The van der Waals surface area contributed by atoms with Crippen LogP contribution in [0.5, 0.6) is 5.75 Å². The van der Waals surface area contributed by atoms with E-state index in [1.165, 1.54) is 11.8 Å². The van der Waals surface area contributed by atoms with Gasteiger partial charge >= 0.3 is 0 Å². The SMILES string of the molecule is CCCOc1ccccc1C=C1SC(=S)N(CN2CCN(c3cccc(Cl)c3)CC2)C1=O. The van der Waals surface area contributed by atoms with Gasteiger partial charge in [-0.15, -0.1) is 0 Å². The Bertz CT molecular complexity index is 1020. The first-order valence-electron chi connectivity index (χ1n) is 10.7. The van der Waals surface area contributed by atoms with Gasteiger partial charge in [0.05, 0.1) is 18.2 Å². The van der Waals surface area contributed by atoms with Gasteiger partial charge in [-0.3, -0.25) is 14.6 Å². The molecule has 2 saturated heterocycles. The molecule has 5 nitrogen and oxygen atoms in total. The molecule has 2 aromatic carbocycles. The Balaban J connectivity index is 1.38. The Kier molecular flexibility index (Phi) is 7.73. The lowest BCUT2D eigenvalue weighted by atomic mass is 10.2. The molecule has 0 aliphatic carbocycles. The third-order valence-corrected chi connectivity index (χ3v) is 7.04. The molecule has 2 aliphatic heterocycles. The van der Waals surface area contributed by atoms with Crippen molar-refractivity contribution in [1.29, 1.82) is 0 Å². The first-order chi connectivity index (χ1) is 15.5. The quantitative estimate of drug-likeness (QED) is 0.399. The molecule has 2 aromatic rings. The van der Waals surface area contributed by atoms with Gasteiger partial charge in [0.25, 0.3) is 5.91 Å². The standard InChI is InChI=1S/C24H26ClN3O2S2/c1-2-14-30-21-9-4-3-6-18(21)15-22-23(29)28(24(31)32-22)17-26-10-12-27(13-11-26)20-8-5-7-19(25)16-20/h3-9,15-16H,2,10-14,17H2,1H3. The highest BCUT2D eigenvalue weighted by Crippen LogP contribution is 2.34. The van der Waals surface area contributed by atoms with Gasteiger partial charge in [-0.2, -0.15) is 0 Å². The third kappa shape index (κ3) is 5.46. The van der Waals surface area contributed by atoms with Crippen LogP contribution in [0, 0.1) is 0 Å². The number of ether oxygens (including phenoxy) is 1. The topological polar surface area (TPSA) is 36.0 Å². The second-order valence-electron chi connectivity index (χ2n) is 7.72. The Morgan fingerprint density at radius 1 is 1.12 bits per heavy atom. The van der Waals surface area contributed by atoms with Crippen molar-refractivity contribution in [2.45, 2.75) is 13.3 Å². The van der Waals surface area contributed by atoms with Crippen LogP contribution in [-0.2, 0) is 4.79 Å². The number of amides is 1. The minimum Gasteiger partial charge on any atom is -0.493 e. The predicted octanol–water partition coefficient (Wildman–Crippen LogP) is 5.11. The van der Waals surface area contributed by atoms with Crippen molar-refractivity contribution < 1.29 is 9.53 Å². The first kappa shape index (κ1) is 23.1. The number of hydrogen-bond acceptors (Lipinski definition) is 6. The van der Waals surface area contributed by atoms with Gasteiger partial charge in [0, 0.05) is 42.5 Å². The highest BCUT2D eigenvalue weighted by molar-refractivity contribution is 8.26. The van der Waals surface area contributed by atoms with Gasteiger partial charge < -0.3 is 9.64 Å². The smallest absolute Gasteiger partial charge is 0.267 e. The molecule has 4 rings (SSSR count). The summed E-state index contributed by atoms with van der Waals surface area (Å²) in [6.45, 7) is 6.71. The van der Waals surface area contributed by atoms with Crippen LogP contribution in [0.2, 0.25) is 5.02 Å². The molecule has 8 heteroatoms. The Morgan fingerprint density at radius 3 is 2.66 bits per heavy atom. The molecule has 0 spiro atoms. The summed E-state index contributed by atoms with van der Waals surface area (Å²) in [5, 5.41) is 0.746. The van der Waals surface area contributed by atoms with Gasteiger partial charge in [0.2, 0.25) is 0 Å². The van der Waals surface area contributed by atoms with Crippen molar-refractivity contribution in [3.05, 3.63) is 64.0 Å². The zero-order valence-corrected chi connectivity index (χ0v) is 20.4. The molecule has 0 aromatic heterocycles. The summed E-state index contributed by atoms with van der Waals surface area (Å²) in [6.07, 6.45) is 2.82. The van der Waals surface area contributed by atoms with Crippen LogP contribution in [0.1, 0.15) is 18.9 Å². The lowest BCUT2D eigenvalue weighted by Gasteiger charge is -2.37. The maximum atomic E-state index is 13.1. The van der Waals surface area contributed by atoms with Crippen molar-refractivity contribution in [2.24, 2.45) is 0 Å². The summed E-state index contributed by atoms with van der Waals surface area (Å²) >= 11 is 13.0. The number of benzene rings is 2. The second kappa shape index (κ2) is 10.7. The summed E-state index contributed by atoms with van der Waals surface area (Å²) in [5.41, 5.74) is 2.03. The van der Waals surface area contributed by atoms with E-state index in [1.54, 1.807) is 4.90 Å². The van der Waals surface area contributed by atoms with Crippen molar-refractivity contribution in [1.82, 2.24) is 9.80 Å². The van der Waals surface area contributed by atoms with E-state index in [9.17, 15) is 4.79 Å². The molecule has 0 N–H and O–H groups in total. The van der Waals surface area contributed by atoms with E-state index in [-0.39, 0.29) is 5.91 Å². The molecule has 2 aliphatic rings. The van der Waals surface area contributed by atoms with Crippen LogP contribution >= 0.6 is 35.6 Å². The van der Waals surface area contributed by atoms with Crippen LogP contribution < -0.4 is 9.64 Å². The van der Waals surface area contributed by atoms with Gasteiger partial charge in [-0.25, -0.2) is 0 Å². The molecule has 32 heavy (non-hydrogen) atoms. The number of carbonyl (C=O) groups is 1. The van der Waals surface area contributed by atoms with Crippen LogP contribution in [0.4, 0.5) is 5.69 Å². The average Bonchev–Trinajstić information content (AvgIpc) is 3.06. The highest BCUT2D eigenvalue weighted by atomic mass is 35.5. The van der Waals surface area contributed by atoms with Gasteiger partial charge in [0.1, 0.15) is 10.1 Å². The van der Waals surface area contributed by atoms with E-state index in [4.69, 9.17) is 28.6 Å². The number of piperazine rings is 1. The number of nitrogens with zero attached hydrogens (tertiary/aromatic N) is 3. The molecular formula is C24H26ClN3O2S2. The number of rotatable bonds is 7. The van der Waals surface area contributed by atoms with Crippen molar-refractivity contribution in [3.8, 4) is 5.75 Å². The monoisotopic (exact) mass is 487 g/mol. The number of thiocarbonyl (C=S) groups is 1. The fourth-order valence-electron chi connectivity index (χ4n) is 3.73. The van der Waals surface area contributed by atoms with E-state index in [0.29, 0.717) is 22.5 Å². The predicted molar refractivity (Wildman–Crippen MR) is 137 cm³/mol. The number of thioether (sulfide) groups is 1. The van der Waals surface area contributed by atoms with Crippen molar-refractivity contribution >= 4 is 57.6 Å². The van der Waals surface area contributed by atoms with Crippen LogP contribution in [0.25, 0.3) is 6.08 Å². The first-order valence-corrected chi connectivity index (χ1v) is 12.4. The normalized spacial score (nSPS) is 18.6. The molecule has 168 valence electrons. The lowest BCUT2D eigenvalue weighted by Crippen LogP contribution is -2.50. The van der Waals surface area contributed by atoms with Gasteiger partial charge in [-0.1, -0.05) is 66.8 Å². The Hall–Kier alpha value is -2.06. The number of carbonyl (C=O) groups excluding carboxylic acids is 1. The average molecular weight is 488 g/mol. The van der Waals surface area contributed by atoms with Crippen LogP contribution in [0.15, 0.2) is 53.4 Å². The fraction of sp³-hybridized carbons (Fsp3) is 0.333. The number of anilines is 1. The zero-order valence-electron chi connectivity index (χ0n) is 18.0. The lowest BCUT2D eigenvalue weighted by molar-refractivity contribution is -0.123. The van der Waals surface area contributed by atoms with E-state index in [0.717, 1.165) is 54.6 Å². The molecule has 0 radical (unpaired) electrons. The maximum absolute atomic E-state index is 13.1.